The number of nitrogens with zero attached hydrogens (tertiary/aromatic N) is 1. The van der Waals surface area contributed by atoms with Crippen molar-refractivity contribution in [2.75, 3.05) is 6.79 Å². The molecule has 7 heteroatoms. The van der Waals surface area contributed by atoms with Gasteiger partial charge >= 0.3 is 0 Å². The molecule has 1 aromatic heterocycles. The smallest absolute Gasteiger partial charge is 0.269 e. The number of benzene rings is 2. The summed E-state index contributed by atoms with van der Waals surface area (Å²) in [5.74, 6) is 1.39. The van der Waals surface area contributed by atoms with Crippen LogP contribution in [0.5, 0.6) is 11.5 Å². The molecule has 128 valence electrons. The average molecular weight is 356 g/mol. The van der Waals surface area contributed by atoms with Crippen molar-refractivity contribution >= 4 is 29.2 Å². The average Bonchev–Trinajstić information content (AvgIpc) is 3.21. The van der Waals surface area contributed by atoms with Gasteiger partial charge in [0.2, 0.25) is 12.7 Å². The molecule has 1 amide bonds. The summed E-state index contributed by atoms with van der Waals surface area (Å²) in [6, 6.07) is 13.2. The van der Waals surface area contributed by atoms with E-state index in [1.54, 1.807) is 0 Å². The molecule has 0 aliphatic carbocycles. The van der Waals surface area contributed by atoms with Crippen molar-refractivity contribution in [2.24, 2.45) is 0 Å². The minimum atomic E-state index is -0.0511. The predicted molar refractivity (Wildman–Crippen MR) is 94.1 cm³/mol. The number of hydrogen-bond acceptors (Lipinski definition) is 5. The van der Waals surface area contributed by atoms with Gasteiger partial charge < -0.3 is 19.2 Å². The fourth-order valence-electron chi connectivity index (χ4n) is 2.78. The first-order valence-electron chi connectivity index (χ1n) is 7.94. The molecule has 0 spiro atoms. The maximum absolute atomic E-state index is 12.1. The van der Waals surface area contributed by atoms with Crippen molar-refractivity contribution in [1.29, 1.82) is 0 Å². The number of carbonyl (C=O) groups excluding carboxylic acids is 1. The molecule has 0 atom stereocenters. The lowest BCUT2D eigenvalue weighted by Gasteiger charge is -2.07. The summed E-state index contributed by atoms with van der Waals surface area (Å²) in [6.07, 6.45) is 0.322. The molecule has 1 aliphatic rings. The van der Waals surface area contributed by atoms with E-state index in [0.717, 1.165) is 22.4 Å². The lowest BCUT2D eigenvalue weighted by atomic mass is 10.2. The lowest BCUT2D eigenvalue weighted by molar-refractivity contribution is -0.121. The zero-order chi connectivity index (χ0) is 17.2. The number of rotatable bonds is 5. The monoisotopic (exact) mass is 356 g/mol. The van der Waals surface area contributed by atoms with Crippen molar-refractivity contribution in [1.82, 2.24) is 9.88 Å². The van der Waals surface area contributed by atoms with Crippen LogP contribution in [-0.2, 0) is 17.9 Å². The summed E-state index contributed by atoms with van der Waals surface area (Å²) >= 11 is 5.23. The SMILES string of the molecule is O=C(CCn1c(=S)oc2ccccc21)NCc1ccc2c(c1)OCO2. The van der Waals surface area contributed by atoms with E-state index in [-0.39, 0.29) is 12.7 Å². The highest BCUT2D eigenvalue weighted by atomic mass is 32.1. The van der Waals surface area contributed by atoms with Crippen LogP contribution in [0.25, 0.3) is 11.1 Å². The number of nitrogens with one attached hydrogen (secondary N) is 1. The number of para-hydroxylation sites is 2. The van der Waals surface area contributed by atoms with Crippen LogP contribution in [0.15, 0.2) is 46.9 Å². The Kier molecular flexibility index (Phi) is 4.15. The molecule has 25 heavy (non-hydrogen) atoms. The molecule has 1 N–H and O–H groups in total. The molecule has 1 aliphatic heterocycles. The predicted octanol–water partition coefficient (Wildman–Crippen LogP) is 3.40. The number of aromatic nitrogens is 1. The van der Waals surface area contributed by atoms with Gasteiger partial charge in [-0.1, -0.05) is 18.2 Å². The summed E-state index contributed by atoms with van der Waals surface area (Å²) in [7, 11) is 0. The van der Waals surface area contributed by atoms with Crippen molar-refractivity contribution in [3.63, 3.8) is 0 Å². The molecule has 0 fully saturated rings. The van der Waals surface area contributed by atoms with Crippen molar-refractivity contribution in [3.8, 4) is 11.5 Å². The van der Waals surface area contributed by atoms with Gasteiger partial charge in [0.25, 0.3) is 4.84 Å². The topological polar surface area (TPSA) is 65.6 Å². The van der Waals surface area contributed by atoms with Crippen LogP contribution in [0, 0.1) is 4.84 Å². The molecule has 2 heterocycles. The first-order valence-corrected chi connectivity index (χ1v) is 8.35. The third-order valence-electron chi connectivity index (χ3n) is 4.06. The number of carbonyl (C=O) groups is 1. The van der Waals surface area contributed by atoms with Crippen molar-refractivity contribution < 1.29 is 18.7 Å². The van der Waals surface area contributed by atoms with Gasteiger partial charge in [-0.2, -0.15) is 0 Å². The van der Waals surface area contributed by atoms with Crippen LogP contribution in [0.3, 0.4) is 0 Å². The molecule has 3 aromatic rings. The van der Waals surface area contributed by atoms with E-state index >= 15 is 0 Å². The van der Waals surface area contributed by atoms with Gasteiger partial charge in [-0.3, -0.25) is 9.36 Å². The lowest BCUT2D eigenvalue weighted by Crippen LogP contribution is -2.23. The fourth-order valence-corrected chi connectivity index (χ4v) is 3.06. The number of ether oxygens (including phenoxy) is 2. The molecule has 0 radical (unpaired) electrons. The van der Waals surface area contributed by atoms with Crippen molar-refractivity contribution in [2.45, 2.75) is 19.5 Å². The Bertz CT molecular complexity index is 992. The summed E-state index contributed by atoms with van der Waals surface area (Å²) in [5.41, 5.74) is 2.59. The maximum atomic E-state index is 12.1. The largest absolute Gasteiger partial charge is 0.454 e. The zero-order valence-corrected chi connectivity index (χ0v) is 14.2. The molecule has 0 bridgehead atoms. The summed E-state index contributed by atoms with van der Waals surface area (Å²) < 4.78 is 18.0. The van der Waals surface area contributed by atoms with Crippen LogP contribution in [0.2, 0.25) is 0 Å². The van der Waals surface area contributed by atoms with Gasteiger partial charge in [-0.15, -0.1) is 0 Å². The minimum Gasteiger partial charge on any atom is -0.454 e. The second kappa shape index (κ2) is 6.60. The standard InChI is InChI=1S/C18H16N2O4S/c21-17(19-10-12-5-6-15-16(9-12)23-11-22-15)7-8-20-13-3-1-2-4-14(13)24-18(20)25/h1-6,9H,7-8,10-11H2,(H,19,21). The molecule has 0 saturated heterocycles. The molecule has 0 unspecified atom stereocenters. The van der Waals surface area contributed by atoms with E-state index in [0.29, 0.717) is 30.1 Å². The molecule has 4 rings (SSSR count). The minimum absolute atomic E-state index is 0.0511. The van der Waals surface area contributed by atoms with Crippen molar-refractivity contribution in [3.05, 3.63) is 52.9 Å². The zero-order valence-electron chi connectivity index (χ0n) is 13.4. The number of amides is 1. The Morgan fingerprint density at radius 3 is 2.92 bits per heavy atom. The second-order valence-corrected chi connectivity index (χ2v) is 6.05. The second-order valence-electron chi connectivity index (χ2n) is 5.70. The summed E-state index contributed by atoms with van der Waals surface area (Å²) in [6.45, 7) is 1.15. The van der Waals surface area contributed by atoms with Crippen LogP contribution in [-0.4, -0.2) is 17.3 Å². The molecule has 6 nitrogen and oxygen atoms in total. The molecular weight excluding hydrogens is 340 g/mol. The summed E-state index contributed by atoms with van der Waals surface area (Å²) in [4.78, 5) is 12.5. The molecule has 2 aromatic carbocycles. The van der Waals surface area contributed by atoms with E-state index < -0.39 is 0 Å². The third-order valence-corrected chi connectivity index (χ3v) is 4.37. The Morgan fingerprint density at radius 2 is 2.00 bits per heavy atom. The highest BCUT2D eigenvalue weighted by molar-refractivity contribution is 7.71. The number of oxazole rings is 1. The van der Waals surface area contributed by atoms with Crippen LogP contribution in [0.4, 0.5) is 0 Å². The maximum Gasteiger partial charge on any atom is 0.269 e. The quantitative estimate of drug-likeness (QED) is 0.710. The number of fused-ring (bicyclic) bond motifs is 2. The fraction of sp³-hybridized carbons (Fsp3) is 0.222. The normalized spacial score (nSPS) is 12.5. The highest BCUT2D eigenvalue weighted by Gasteiger charge is 2.13. The van der Waals surface area contributed by atoms with E-state index in [2.05, 4.69) is 5.32 Å². The number of hydrogen-bond donors (Lipinski definition) is 1. The highest BCUT2D eigenvalue weighted by Crippen LogP contribution is 2.32. The van der Waals surface area contributed by atoms with E-state index in [9.17, 15) is 4.79 Å². The van der Waals surface area contributed by atoms with Gasteiger partial charge in [0.05, 0.1) is 5.52 Å². The first-order chi connectivity index (χ1) is 12.2. The van der Waals surface area contributed by atoms with Gasteiger partial charge in [-0.05, 0) is 42.0 Å². The first kappa shape index (κ1) is 15.7. The van der Waals surface area contributed by atoms with Crippen LogP contribution >= 0.6 is 12.2 Å². The van der Waals surface area contributed by atoms with E-state index in [4.69, 9.17) is 26.1 Å². The van der Waals surface area contributed by atoms with Gasteiger partial charge in [0, 0.05) is 19.5 Å². The Hall–Kier alpha value is -2.80. The van der Waals surface area contributed by atoms with Gasteiger partial charge in [0.1, 0.15) is 0 Å². The van der Waals surface area contributed by atoms with Crippen LogP contribution < -0.4 is 14.8 Å². The van der Waals surface area contributed by atoms with Gasteiger partial charge in [0.15, 0.2) is 17.1 Å². The van der Waals surface area contributed by atoms with Gasteiger partial charge in [-0.25, -0.2) is 0 Å². The number of aryl methyl sites for hydroxylation is 1. The Labute approximate surface area is 149 Å². The Balaban J connectivity index is 1.36. The molecule has 0 saturated carbocycles. The Morgan fingerprint density at radius 1 is 1.16 bits per heavy atom. The van der Waals surface area contributed by atoms with E-state index in [1.807, 2.05) is 47.0 Å². The molecular formula is C18H16N2O4S. The van der Waals surface area contributed by atoms with E-state index in [1.165, 1.54) is 0 Å². The van der Waals surface area contributed by atoms with Crippen LogP contribution in [0.1, 0.15) is 12.0 Å². The third kappa shape index (κ3) is 3.23. The summed E-state index contributed by atoms with van der Waals surface area (Å²) in [5, 5.41) is 2.91.